The van der Waals surface area contributed by atoms with Crippen LogP contribution in [0.5, 0.6) is 0 Å². The minimum Gasteiger partial charge on any atom is -0.339 e. The average Bonchev–Trinajstić information content (AvgIpc) is 2.97. The molecule has 5 rings (SSSR count). The molecule has 0 radical (unpaired) electrons. The second-order valence-corrected chi connectivity index (χ2v) is 7.47. The van der Waals surface area contributed by atoms with Gasteiger partial charge in [0.05, 0.1) is 0 Å². The van der Waals surface area contributed by atoms with Crippen molar-refractivity contribution in [2.75, 3.05) is 26.7 Å². The number of rotatable bonds is 5. The molecule has 0 aromatic carbocycles. The summed E-state index contributed by atoms with van der Waals surface area (Å²) < 4.78 is 5.31. The summed E-state index contributed by atoms with van der Waals surface area (Å²) in [5.74, 6) is 2.02. The van der Waals surface area contributed by atoms with Crippen molar-refractivity contribution in [3.8, 4) is 11.4 Å². The molecule has 2 bridgehead atoms. The first kappa shape index (κ1) is 17.1. The third-order valence-corrected chi connectivity index (χ3v) is 5.39. The summed E-state index contributed by atoms with van der Waals surface area (Å²) in [5, 5.41) is 4.00. The standard InChI is InChI=1S/C19H25N5O2/c1-23-11-14-7-8-16(13-23)24(12-14)18(25)6-2-5-17-21-19(22-26-17)15-4-3-9-20-10-15/h3-4,9-10,14,16H,2,5-8,11-13H2,1H3. The van der Waals surface area contributed by atoms with Gasteiger partial charge in [0.1, 0.15) is 0 Å². The molecule has 2 aromatic heterocycles. The Labute approximate surface area is 153 Å². The van der Waals surface area contributed by atoms with Crippen molar-refractivity contribution in [1.29, 1.82) is 0 Å². The van der Waals surface area contributed by atoms with E-state index in [4.69, 9.17) is 4.52 Å². The van der Waals surface area contributed by atoms with E-state index in [1.807, 2.05) is 12.1 Å². The molecule has 0 aliphatic carbocycles. The summed E-state index contributed by atoms with van der Waals surface area (Å²) in [5.41, 5.74) is 0.836. The van der Waals surface area contributed by atoms with Gasteiger partial charge in [0, 0.05) is 56.5 Å². The Morgan fingerprint density at radius 1 is 1.31 bits per heavy atom. The Hall–Kier alpha value is -2.28. The lowest BCUT2D eigenvalue weighted by Gasteiger charge is -2.36. The van der Waals surface area contributed by atoms with Crippen LogP contribution in [0, 0.1) is 5.92 Å². The molecule has 3 fully saturated rings. The molecule has 3 saturated heterocycles. The number of fused-ring (bicyclic) bond motifs is 4. The first-order chi connectivity index (χ1) is 12.7. The van der Waals surface area contributed by atoms with Crippen molar-refractivity contribution >= 4 is 5.91 Å². The zero-order valence-electron chi connectivity index (χ0n) is 15.2. The molecule has 3 aliphatic heterocycles. The van der Waals surface area contributed by atoms with Gasteiger partial charge >= 0.3 is 0 Å². The van der Waals surface area contributed by atoms with Crippen molar-refractivity contribution in [3.05, 3.63) is 30.4 Å². The van der Waals surface area contributed by atoms with Gasteiger partial charge in [-0.05, 0) is 44.4 Å². The topological polar surface area (TPSA) is 75.4 Å². The van der Waals surface area contributed by atoms with E-state index in [0.29, 0.717) is 36.5 Å². The Bertz CT molecular complexity index is 747. The molecule has 5 heterocycles. The van der Waals surface area contributed by atoms with Crippen LogP contribution in [-0.4, -0.2) is 63.6 Å². The van der Waals surface area contributed by atoms with Crippen molar-refractivity contribution < 1.29 is 9.32 Å². The lowest BCUT2D eigenvalue weighted by Crippen LogP contribution is -2.47. The lowest BCUT2D eigenvalue weighted by molar-refractivity contribution is -0.135. The normalized spacial score (nSPS) is 23.2. The highest BCUT2D eigenvalue weighted by Crippen LogP contribution is 2.28. The zero-order chi connectivity index (χ0) is 17.9. The number of carbonyl (C=O) groups is 1. The summed E-state index contributed by atoms with van der Waals surface area (Å²) in [7, 11) is 2.16. The molecule has 7 heteroatoms. The van der Waals surface area contributed by atoms with E-state index in [1.54, 1.807) is 12.4 Å². The summed E-state index contributed by atoms with van der Waals surface area (Å²) in [6, 6.07) is 4.12. The predicted molar refractivity (Wildman–Crippen MR) is 96.2 cm³/mol. The number of carbonyl (C=O) groups excluding carboxylic acids is 1. The number of hydrogen-bond donors (Lipinski definition) is 0. The number of amides is 1. The van der Waals surface area contributed by atoms with Crippen LogP contribution < -0.4 is 0 Å². The molecule has 0 spiro atoms. The highest BCUT2D eigenvalue weighted by molar-refractivity contribution is 5.76. The first-order valence-electron chi connectivity index (χ1n) is 9.40. The molecule has 2 aromatic rings. The number of aromatic nitrogens is 3. The third-order valence-electron chi connectivity index (χ3n) is 5.39. The second kappa shape index (κ2) is 7.53. The Balaban J connectivity index is 1.30. The number of piperidine rings is 1. The Kier molecular flexibility index (Phi) is 4.97. The van der Waals surface area contributed by atoms with Gasteiger partial charge < -0.3 is 14.3 Å². The fourth-order valence-corrected chi connectivity index (χ4v) is 4.12. The molecular formula is C19H25N5O2. The second-order valence-electron chi connectivity index (χ2n) is 7.47. The zero-order valence-corrected chi connectivity index (χ0v) is 15.2. The van der Waals surface area contributed by atoms with E-state index in [2.05, 4.69) is 32.0 Å². The van der Waals surface area contributed by atoms with Crippen LogP contribution in [0.3, 0.4) is 0 Å². The van der Waals surface area contributed by atoms with Gasteiger partial charge in [0.2, 0.25) is 17.6 Å². The summed E-state index contributed by atoms with van der Waals surface area (Å²) >= 11 is 0. The summed E-state index contributed by atoms with van der Waals surface area (Å²) in [6.07, 6.45) is 7.71. The minimum absolute atomic E-state index is 0.266. The van der Waals surface area contributed by atoms with Gasteiger partial charge in [-0.15, -0.1) is 0 Å². The van der Waals surface area contributed by atoms with Crippen molar-refractivity contribution in [3.63, 3.8) is 0 Å². The summed E-state index contributed by atoms with van der Waals surface area (Å²) in [6.45, 7) is 3.03. The van der Waals surface area contributed by atoms with Gasteiger partial charge in [-0.2, -0.15) is 4.98 Å². The van der Waals surface area contributed by atoms with Crippen LogP contribution in [0.2, 0.25) is 0 Å². The number of pyridine rings is 1. The monoisotopic (exact) mass is 355 g/mol. The molecule has 1 amide bonds. The maximum Gasteiger partial charge on any atom is 0.226 e. The lowest BCUT2D eigenvalue weighted by atomic mass is 9.94. The van der Waals surface area contributed by atoms with Crippen LogP contribution in [-0.2, 0) is 11.2 Å². The van der Waals surface area contributed by atoms with Gasteiger partial charge in [-0.3, -0.25) is 9.78 Å². The smallest absolute Gasteiger partial charge is 0.226 e. The van der Waals surface area contributed by atoms with Crippen LogP contribution >= 0.6 is 0 Å². The van der Waals surface area contributed by atoms with Gasteiger partial charge in [0.25, 0.3) is 0 Å². The van der Waals surface area contributed by atoms with E-state index < -0.39 is 0 Å². The highest BCUT2D eigenvalue weighted by Gasteiger charge is 2.35. The molecule has 0 saturated carbocycles. The molecule has 7 nitrogen and oxygen atoms in total. The molecule has 138 valence electrons. The molecule has 0 N–H and O–H groups in total. The maximum absolute atomic E-state index is 12.7. The van der Waals surface area contributed by atoms with Gasteiger partial charge in [0.15, 0.2) is 0 Å². The Morgan fingerprint density at radius 2 is 2.23 bits per heavy atom. The SMILES string of the molecule is CN1CC2CCC(C1)N(C(=O)CCCc1nc(-c3cccnc3)no1)C2. The quantitative estimate of drug-likeness (QED) is 0.817. The largest absolute Gasteiger partial charge is 0.339 e. The van der Waals surface area contributed by atoms with Crippen LogP contribution in [0.4, 0.5) is 0 Å². The van der Waals surface area contributed by atoms with E-state index in [0.717, 1.165) is 38.0 Å². The van der Waals surface area contributed by atoms with E-state index >= 15 is 0 Å². The maximum atomic E-state index is 12.7. The van der Waals surface area contributed by atoms with Crippen molar-refractivity contribution in [2.45, 2.75) is 38.1 Å². The molecule has 2 unspecified atom stereocenters. The molecule has 2 atom stereocenters. The van der Waals surface area contributed by atoms with Crippen molar-refractivity contribution in [2.24, 2.45) is 5.92 Å². The number of hydrogen-bond acceptors (Lipinski definition) is 6. The number of likely N-dealkylation sites (N-methyl/N-ethyl adjacent to an activating group) is 1. The minimum atomic E-state index is 0.266. The fraction of sp³-hybridized carbons (Fsp3) is 0.579. The molecule has 26 heavy (non-hydrogen) atoms. The average molecular weight is 355 g/mol. The van der Waals surface area contributed by atoms with Crippen LogP contribution in [0.1, 0.15) is 31.6 Å². The van der Waals surface area contributed by atoms with Gasteiger partial charge in [-0.1, -0.05) is 5.16 Å². The summed E-state index contributed by atoms with van der Waals surface area (Å²) in [4.78, 5) is 25.7. The number of nitrogens with zero attached hydrogens (tertiary/aromatic N) is 5. The fourth-order valence-electron chi connectivity index (χ4n) is 4.12. The van der Waals surface area contributed by atoms with Gasteiger partial charge in [-0.25, -0.2) is 0 Å². The highest BCUT2D eigenvalue weighted by atomic mass is 16.5. The van der Waals surface area contributed by atoms with E-state index in [9.17, 15) is 4.79 Å². The van der Waals surface area contributed by atoms with Crippen LogP contribution in [0.15, 0.2) is 29.0 Å². The van der Waals surface area contributed by atoms with Crippen LogP contribution in [0.25, 0.3) is 11.4 Å². The van der Waals surface area contributed by atoms with E-state index in [1.165, 1.54) is 6.42 Å². The van der Waals surface area contributed by atoms with E-state index in [-0.39, 0.29) is 5.91 Å². The third kappa shape index (κ3) is 3.77. The molecular weight excluding hydrogens is 330 g/mol. The predicted octanol–water partition coefficient (Wildman–Crippen LogP) is 2.01. The molecule has 3 aliphatic rings. The number of aryl methyl sites for hydroxylation is 1. The Morgan fingerprint density at radius 3 is 3.08 bits per heavy atom. The van der Waals surface area contributed by atoms with Crippen molar-refractivity contribution in [1.82, 2.24) is 24.9 Å². The first-order valence-corrected chi connectivity index (χ1v) is 9.40.